The van der Waals surface area contributed by atoms with E-state index in [4.69, 9.17) is 0 Å². The number of nitrogens with one attached hydrogen (secondary N) is 1. The molecule has 2 nitrogen and oxygen atoms in total. The van der Waals surface area contributed by atoms with Gasteiger partial charge in [0, 0.05) is 31.9 Å². The molecular weight excluding hydrogens is 251 g/mol. The van der Waals surface area contributed by atoms with Crippen LogP contribution in [0.5, 0.6) is 0 Å². The van der Waals surface area contributed by atoms with Gasteiger partial charge in [0.05, 0.1) is 0 Å². The lowest BCUT2D eigenvalue weighted by Gasteiger charge is -2.35. The molecule has 112 valence electrons. The van der Waals surface area contributed by atoms with E-state index < -0.39 is 0 Å². The van der Waals surface area contributed by atoms with Crippen LogP contribution in [0.25, 0.3) is 0 Å². The second-order valence-electron chi connectivity index (χ2n) is 6.55. The molecule has 1 fully saturated rings. The van der Waals surface area contributed by atoms with Gasteiger partial charge in [-0.1, -0.05) is 20.3 Å². The fraction of sp³-hybridized carbons (Fsp3) is 0.647. The Kier molecular flexibility index (Phi) is 5.03. The minimum Gasteiger partial charge on any atom is -0.374 e. The largest absolute Gasteiger partial charge is 0.374 e. The van der Waals surface area contributed by atoms with Gasteiger partial charge in [-0.25, -0.2) is 4.39 Å². The molecular formula is C17H27FN2. The van der Waals surface area contributed by atoms with E-state index in [0.29, 0.717) is 0 Å². The van der Waals surface area contributed by atoms with Gasteiger partial charge in [-0.05, 0) is 48.9 Å². The third-order valence-corrected chi connectivity index (χ3v) is 4.13. The Hall–Kier alpha value is -1.09. The van der Waals surface area contributed by atoms with E-state index >= 15 is 0 Å². The summed E-state index contributed by atoms with van der Waals surface area (Å²) in [5.74, 6) is -0.172. The average Bonchev–Trinajstić information content (AvgIpc) is 3.21. The smallest absolute Gasteiger partial charge is 0.123 e. The normalized spacial score (nSPS) is 17.8. The van der Waals surface area contributed by atoms with Crippen LogP contribution in [0.4, 0.5) is 10.1 Å². The van der Waals surface area contributed by atoms with Crippen molar-refractivity contribution in [3.8, 4) is 0 Å². The minimum atomic E-state index is -0.172. The molecule has 0 spiro atoms. The van der Waals surface area contributed by atoms with E-state index in [1.54, 1.807) is 0 Å². The lowest BCUT2D eigenvalue weighted by Crippen LogP contribution is -2.41. The van der Waals surface area contributed by atoms with Crippen LogP contribution in [-0.4, -0.2) is 26.2 Å². The Balaban J connectivity index is 1.95. The van der Waals surface area contributed by atoms with Gasteiger partial charge in [0.1, 0.15) is 5.82 Å². The maximum absolute atomic E-state index is 13.0. The number of hydrogen-bond acceptors (Lipinski definition) is 2. The molecule has 1 unspecified atom stereocenters. The zero-order valence-electron chi connectivity index (χ0n) is 13.0. The van der Waals surface area contributed by atoms with Crippen molar-refractivity contribution in [2.24, 2.45) is 5.41 Å². The number of nitrogens with zero attached hydrogens (tertiary/aromatic N) is 1. The summed E-state index contributed by atoms with van der Waals surface area (Å²) in [7, 11) is 2.10. The topological polar surface area (TPSA) is 15.3 Å². The fourth-order valence-corrected chi connectivity index (χ4v) is 2.86. The van der Waals surface area contributed by atoms with E-state index in [-0.39, 0.29) is 11.2 Å². The summed E-state index contributed by atoms with van der Waals surface area (Å²) in [6.45, 7) is 6.66. The lowest BCUT2D eigenvalue weighted by atomic mass is 9.84. The molecule has 0 amide bonds. The zero-order chi connectivity index (χ0) is 14.6. The average molecular weight is 278 g/mol. The van der Waals surface area contributed by atoms with Crippen LogP contribution in [0.1, 0.15) is 39.5 Å². The van der Waals surface area contributed by atoms with E-state index in [0.717, 1.165) is 24.8 Å². The van der Waals surface area contributed by atoms with Crippen molar-refractivity contribution in [1.29, 1.82) is 0 Å². The Morgan fingerprint density at radius 2 is 1.95 bits per heavy atom. The Bertz CT molecular complexity index is 414. The molecule has 1 aliphatic carbocycles. The third-order valence-electron chi connectivity index (χ3n) is 4.13. The van der Waals surface area contributed by atoms with Gasteiger partial charge in [-0.15, -0.1) is 0 Å². The molecule has 0 bridgehead atoms. The predicted molar refractivity (Wildman–Crippen MR) is 83.7 cm³/mol. The van der Waals surface area contributed by atoms with Crippen molar-refractivity contribution in [2.75, 3.05) is 25.0 Å². The second-order valence-corrected chi connectivity index (χ2v) is 6.55. The van der Waals surface area contributed by atoms with Crippen molar-refractivity contribution in [3.05, 3.63) is 30.1 Å². The van der Waals surface area contributed by atoms with E-state index in [1.807, 2.05) is 12.1 Å². The molecule has 0 aliphatic heterocycles. The molecule has 1 aromatic carbocycles. The summed E-state index contributed by atoms with van der Waals surface area (Å²) in [4.78, 5) is 2.24. The maximum atomic E-state index is 13.0. The van der Waals surface area contributed by atoms with Crippen molar-refractivity contribution in [3.63, 3.8) is 0 Å². The molecule has 20 heavy (non-hydrogen) atoms. The summed E-state index contributed by atoms with van der Waals surface area (Å²) in [6.07, 6.45) is 5.06. The Labute approximate surface area is 122 Å². The number of hydrogen-bond donors (Lipinski definition) is 1. The van der Waals surface area contributed by atoms with E-state index in [1.165, 1.54) is 37.8 Å². The van der Waals surface area contributed by atoms with E-state index in [9.17, 15) is 4.39 Å². The first-order chi connectivity index (χ1) is 9.52. The summed E-state index contributed by atoms with van der Waals surface area (Å²) in [5.41, 5.74) is 1.35. The molecule has 0 heterocycles. The summed E-state index contributed by atoms with van der Waals surface area (Å²) >= 11 is 0. The van der Waals surface area contributed by atoms with Crippen molar-refractivity contribution >= 4 is 5.69 Å². The van der Waals surface area contributed by atoms with Crippen LogP contribution in [0, 0.1) is 11.2 Å². The standard InChI is InChI=1S/C17H27FN2/c1-4-11-17(2,12-19-15-7-8-15)13-20(3)16-9-5-14(18)6-10-16/h5-6,9-10,15,19H,4,7-8,11-13H2,1-3H3. The molecule has 1 saturated carbocycles. The van der Waals surface area contributed by atoms with Crippen LogP contribution in [0.2, 0.25) is 0 Å². The SMILES string of the molecule is CCCC(C)(CNC1CC1)CN(C)c1ccc(F)cc1. The van der Waals surface area contributed by atoms with Gasteiger partial charge in [0.15, 0.2) is 0 Å². The van der Waals surface area contributed by atoms with Gasteiger partial charge in [0.2, 0.25) is 0 Å². The second kappa shape index (κ2) is 6.57. The quantitative estimate of drug-likeness (QED) is 0.777. The zero-order valence-corrected chi connectivity index (χ0v) is 13.0. The number of rotatable bonds is 8. The fourth-order valence-electron chi connectivity index (χ4n) is 2.86. The molecule has 1 N–H and O–H groups in total. The van der Waals surface area contributed by atoms with Gasteiger partial charge in [0.25, 0.3) is 0 Å². The number of benzene rings is 1. The van der Waals surface area contributed by atoms with Gasteiger partial charge in [-0.2, -0.15) is 0 Å². The molecule has 0 radical (unpaired) electrons. The molecule has 0 aromatic heterocycles. The molecule has 0 saturated heterocycles. The molecule has 2 rings (SSSR count). The Morgan fingerprint density at radius 1 is 1.30 bits per heavy atom. The van der Waals surface area contributed by atoms with Crippen LogP contribution in [-0.2, 0) is 0 Å². The van der Waals surface area contributed by atoms with Crippen molar-refractivity contribution in [1.82, 2.24) is 5.32 Å². The molecule has 1 aromatic rings. The van der Waals surface area contributed by atoms with Crippen molar-refractivity contribution in [2.45, 2.75) is 45.6 Å². The van der Waals surface area contributed by atoms with Crippen LogP contribution in [0.15, 0.2) is 24.3 Å². The summed E-state index contributed by atoms with van der Waals surface area (Å²) in [5, 5.41) is 3.66. The highest BCUT2D eigenvalue weighted by molar-refractivity contribution is 5.45. The van der Waals surface area contributed by atoms with E-state index in [2.05, 4.69) is 31.1 Å². The van der Waals surface area contributed by atoms with Crippen LogP contribution >= 0.6 is 0 Å². The highest BCUT2D eigenvalue weighted by atomic mass is 19.1. The monoisotopic (exact) mass is 278 g/mol. The summed E-state index contributed by atoms with van der Waals surface area (Å²) < 4.78 is 13.0. The number of anilines is 1. The lowest BCUT2D eigenvalue weighted by molar-refractivity contribution is 0.283. The molecule has 3 heteroatoms. The maximum Gasteiger partial charge on any atom is 0.123 e. The first kappa shape index (κ1) is 15.3. The molecule has 1 aliphatic rings. The first-order valence-electron chi connectivity index (χ1n) is 7.72. The van der Waals surface area contributed by atoms with Crippen LogP contribution in [0.3, 0.4) is 0 Å². The number of halogens is 1. The van der Waals surface area contributed by atoms with Gasteiger partial charge in [-0.3, -0.25) is 0 Å². The third kappa shape index (κ3) is 4.48. The highest BCUT2D eigenvalue weighted by Gasteiger charge is 2.29. The first-order valence-corrected chi connectivity index (χ1v) is 7.72. The van der Waals surface area contributed by atoms with Crippen LogP contribution < -0.4 is 10.2 Å². The highest BCUT2D eigenvalue weighted by Crippen LogP contribution is 2.28. The van der Waals surface area contributed by atoms with Gasteiger partial charge < -0.3 is 10.2 Å². The predicted octanol–water partition coefficient (Wildman–Crippen LogP) is 3.82. The van der Waals surface area contributed by atoms with Crippen molar-refractivity contribution < 1.29 is 4.39 Å². The summed E-state index contributed by atoms with van der Waals surface area (Å²) in [6, 6.07) is 7.53. The minimum absolute atomic E-state index is 0.172. The molecule has 1 atom stereocenters. The van der Waals surface area contributed by atoms with Gasteiger partial charge >= 0.3 is 0 Å². The Morgan fingerprint density at radius 3 is 2.50 bits per heavy atom.